The molecule has 0 fully saturated rings. The Kier molecular flexibility index (Phi) is 10.9. The van der Waals surface area contributed by atoms with Crippen LogP contribution in [0.15, 0.2) is 0 Å². The molecule has 11 nitrogen and oxygen atoms in total. The Bertz CT molecular complexity index is 622. The zero-order valence-corrected chi connectivity index (χ0v) is 17.5. The van der Waals surface area contributed by atoms with Gasteiger partial charge in [-0.3, -0.25) is 24.0 Å². The van der Waals surface area contributed by atoms with E-state index < -0.39 is 60.2 Å². The smallest absolute Gasteiger partial charge is 0.325 e. The molecule has 0 aromatic carbocycles. The van der Waals surface area contributed by atoms with Crippen LogP contribution in [0.5, 0.6) is 0 Å². The van der Waals surface area contributed by atoms with Crippen LogP contribution in [0.4, 0.5) is 0 Å². The van der Waals surface area contributed by atoms with E-state index in [2.05, 4.69) is 16.0 Å². The van der Waals surface area contributed by atoms with Crippen molar-refractivity contribution in [2.24, 2.45) is 23.3 Å². The van der Waals surface area contributed by atoms with Crippen LogP contribution < -0.4 is 27.4 Å². The summed E-state index contributed by atoms with van der Waals surface area (Å²) >= 11 is 0. The van der Waals surface area contributed by atoms with Gasteiger partial charge in [-0.15, -0.1) is 0 Å². The lowest BCUT2D eigenvalue weighted by molar-refractivity contribution is -0.142. The van der Waals surface area contributed by atoms with E-state index in [9.17, 15) is 24.0 Å². The highest BCUT2D eigenvalue weighted by molar-refractivity contribution is 5.96. The highest BCUT2D eigenvalue weighted by Gasteiger charge is 2.31. The number of carbonyl (C=O) groups is 5. The molecule has 0 aliphatic heterocycles. The average Bonchev–Trinajstić information content (AvgIpc) is 2.58. The summed E-state index contributed by atoms with van der Waals surface area (Å²) in [6.45, 7) is 8.37. The molecule has 0 spiro atoms. The summed E-state index contributed by atoms with van der Waals surface area (Å²) in [5, 5.41) is 16.1. The lowest BCUT2D eigenvalue weighted by Crippen LogP contribution is -2.58. The highest BCUT2D eigenvalue weighted by Crippen LogP contribution is 2.07. The maximum Gasteiger partial charge on any atom is 0.325 e. The number of hydrogen-bond donors (Lipinski definition) is 6. The van der Waals surface area contributed by atoms with Crippen LogP contribution in [0.1, 0.15) is 47.5 Å². The third-order valence-electron chi connectivity index (χ3n) is 4.13. The van der Waals surface area contributed by atoms with E-state index in [1.54, 1.807) is 13.8 Å². The lowest BCUT2D eigenvalue weighted by Gasteiger charge is -2.25. The van der Waals surface area contributed by atoms with Gasteiger partial charge >= 0.3 is 5.97 Å². The molecule has 0 heterocycles. The molecule has 0 aliphatic rings. The molecule has 0 bridgehead atoms. The van der Waals surface area contributed by atoms with Gasteiger partial charge in [-0.25, -0.2) is 0 Å². The van der Waals surface area contributed by atoms with E-state index >= 15 is 0 Å². The van der Waals surface area contributed by atoms with Crippen LogP contribution >= 0.6 is 0 Å². The first kappa shape index (κ1) is 26.3. The number of carbonyl (C=O) groups excluding carboxylic acids is 4. The van der Waals surface area contributed by atoms with Gasteiger partial charge in [-0.05, 0) is 25.2 Å². The third kappa shape index (κ3) is 9.88. The number of hydrogen-bond acceptors (Lipinski definition) is 6. The summed E-state index contributed by atoms with van der Waals surface area (Å²) in [5.74, 6) is -4.39. The number of amides is 4. The summed E-state index contributed by atoms with van der Waals surface area (Å²) in [6, 6.07) is -4.43. The Hall–Kier alpha value is -2.69. The fraction of sp³-hybridized carbons (Fsp3) is 0.722. The van der Waals surface area contributed by atoms with Gasteiger partial charge in [0.2, 0.25) is 23.6 Å². The molecule has 11 heteroatoms. The van der Waals surface area contributed by atoms with Crippen molar-refractivity contribution in [1.82, 2.24) is 16.0 Å². The van der Waals surface area contributed by atoms with Crippen LogP contribution in [0.3, 0.4) is 0 Å². The van der Waals surface area contributed by atoms with Crippen LogP contribution in [0.2, 0.25) is 0 Å². The molecular formula is C18H33N5O6. The van der Waals surface area contributed by atoms with Gasteiger partial charge in [-0.1, -0.05) is 27.7 Å². The van der Waals surface area contributed by atoms with Crippen molar-refractivity contribution in [3.8, 4) is 0 Å². The van der Waals surface area contributed by atoms with Crippen molar-refractivity contribution in [2.45, 2.75) is 71.6 Å². The van der Waals surface area contributed by atoms with Crippen LogP contribution in [-0.4, -0.2) is 58.9 Å². The number of carboxylic acid groups (broad SMARTS) is 1. The molecule has 0 saturated heterocycles. The van der Waals surface area contributed by atoms with E-state index in [1.807, 2.05) is 13.8 Å². The maximum atomic E-state index is 12.7. The summed E-state index contributed by atoms with van der Waals surface area (Å²) < 4.78 is 0. The highest BCUT2D eigenvalue weighted by atomic mass is 16.4. The van der Waals surface area contributed by atoms with Gasteiger partial charge in [0.25, 0.3) is 0 Å². The minimum absolute atomic E-state index is 0.00951. The Labute approximate surface area is 170 Å². The summed E-state index contributed by atoms with van der Waals surface area (Å²) in [5.41, 5.74) is 10.9. The molecule has 0 aliphatic carbocycles. The Balaban J connectivity index is 5.38. The standard InChI is InChI=1S/C18H33N5O6/c1-8(2)6-11(15(25)21-10(5)18(28)29)22-16(26)12(7-13(19)24)23-17(27)14(20)9(3)4/h8-12,14H,6-7,20H2,1-5H3,(H2,19,24)(H,21,25)(H,22,26)(H,23,27)(H,28,29). The zero-order valence-electron chi connectivity index (χ0n) is 17.5. The van der Waals surface area contributed by atoms with Crippen molar-refractivity contribution in [2.75, 3.05) is 0 Å². The predicted molar refractivity (Wildman–Crippen MR) is 105 cm³/mol. The topological polar surface area (TPSA) is 194 Å². The Morgan fingerprint density at radius 1 is 0.828 bits per heavy atom. The van der Waals surface area contributed by atoms with Gasteiger partial charge in [0.15, 0.2) is 0 Å². The number of nitrogens with two attached hydrogens (primary N) is 2. The van der Waals surface area contributed by atoms with Crippen molar-refractivity contribution in [3.05, 3.63) is 0 Å². The SMILES string of the molecule is CC(C)CC(NC(=O)C(CC(N)=O)NC(=O)C(N)C(C)C)C(=O)NC(C)C(=O)O. The molecule has 29 heavy (non-hydrogen) atoms. The second kappa shape index (κ2) is 12.0. The summed E-state index contributed by atoms with van der Waals surface area (Å²) in [7, 11) is 0. The fourth-order valence-corrected chi connectivity index (χ4v) is 2.33. The molecule has 4 amide bonds. The van der Waals surface area contributed by atoms with Gasteiger partial charge in [0.05, 0.1) is 12.5 Å². The normalized spacial score (nSPS) is 15.2. The molecule has 0 saturated carbocycles. The van der Waals surface area contributed by atoms with Crippen LogP contribution in [0.25, 0.3) is 0 Å². The van der Waals surface area contributed by atoms with Crippen molar-refractivity contribution >= 4 is 29.6 Å². The summed E-state index contributed by atoms with van der Waals surface area (Å²) in [6.07, 6.45) is -0.267. The Morgan fingerprint density at radius 2 is 1.31 bits per heavy atom. The second-order valence-corrected chi connectivity index (χ2v) is 7.76. The molecule has 0 aromatic heterocycles. The van der Waals surface area contributed by atoms with E-state index in [0.717, 1.165) is 0 Å². The third-order valence-corrected chi connectivity index (χ3v) is 4.13. The number of rotatable bonds is 12. The molecule has 0 rings (SSSR count). The average molecular weight is 415 g/mol. The van der Waals surface area contributed by atoms with E-state index in [0.29, 0.717) is 0 Å². The lowest BCUT2D eigenvalue weighted by atomic mass is 10.0. The van der Waals surface area contributed by atoms with Gasteiger partial charge in [-0.2, -0.15) is 0 Å². The van der Waals surface area contributed by atoms with E-state index in [4.69, 9.17) is 16.6 Å². The van der Waals surface area contributed by atoms with Crippen LogP contribution in [0, 0.1) is 11.8 Å². The first-order chi connectivity index (χ1) is 13.3. The minimum atomic E-state index is -1.32. The number of aliphatic carboxylic acids is 1. The monoisotopic (exact) mass is 415 g/mol. The quantitative estimate of drug-likeness (QED) is 0.222. The molecule has 166 valence electrons. The van der Waals surface area contributed by atoms with E-state index in [1.165, 1.54) is 6.92 Å². The predicted octanol–water partition coefficient (Wildman–Crippen LogP) is -1.55. The van der Waals surface area contributed by atoms with Crippen molar-refractivity contribution in [3.63, 3.8) is 0 Å². The summed E-state index contributed by atoms with van der Waals surface area (Å²) in [4.78, 5) is 59.5. The van der Waals surface area contributed by atoms with Crippen molar-refractivity contribution < 1.29 is 29.1 Å². The first-order valence-corrected chi connectivity index (χ1v) is 9.44. The molecular weight excluding hydrogens is 382 g/mol. The minimum Gasteiger partial charge on any atom is -0.480 e. The molecule has 4 unspecified atom stereocenters. The van der Waals surface area contributed by atoms with Crippen LogP contribution in [-0.2, 0) is 24.0 Å². The zero-order chi connectivity index (χ0) is 22.9. The van der Waals surface area contributed by atoms with Crippen molar-refractivity contribution in [1.29, 1.82) is 0 Å². The first-order valence-electron chi connectivity index (χ1n) is 9.44. The largest absolute Gasteiger partial charge is 0.480 e. The van der Waals surface area contributed by atoms with Gasteiger partial charge in [0, 0.05) is 0 Å². The Morgan fingerprint density at radius 3 is 1.72 bits per heavy atom. The number of carboxylic acids is 1. The fourth-order valence-electron chi connectivity index (χ4n) is 2.33. The van der Waals surface area contributed by atoms with Gasteiger partial charge in [0.1, 0.15) is 18.1 Å². The molecule has 0 aromatic rings. The number of primary amides is 1. The second-order valence-electron chi connectivity index (χ2n) is 7.76. The number of nitrogens with one attached hydrogen (secondary N) is 3. The maximum absolute atomic E-state index is 12.7. The molecule has 8 N–H and O–H groups in total. The van der Waals surface area contributed by atoms with E-state index in [-0.39, 0.29) is 18.3 Å². The van der Waals surface area contributed by atoms with Gasteiger partial charge < -0.3 is 32.5 Å². The molecule has 0 radical (unpaired) electrons. The molecule has 4 atom stereocenters.